The van der Waals surface area contributed by atoms with Crippen LogP contribution in [-0.4, -0.2) is 54.7 Å². The van der Waals surface area contributed by atoms with Crippen molar-refractivity contribution in [1.29, 1.82) is 0 Å². The van der Waals surface area contributed by atoms with Crippen molar-refractivity contribution < 1.29 is 14.0 Å². The first kappa shape index (κ1) is 24.3. The molecule has 0 bridgehead atoms. The number of nitrogens with zero attached hydrogens (tertiary/aromatic N) is 2. The summed E-state index contributed by atoms with van der Waals surface area (Å²) in [7, 11) is 2.09. The molecule has 5 nitrogen and oxygen atoms in total. The molecule has 0 saturated carbocycles. The minimum absolute atomic E-state index is 0. The zero-order chi connectivity index (χ0) is 22.9. The summed E-state index contributed by atoms with van der Waals surface area (Å²) in [5, 5.41) is 0.604. The molecule has 1 fully saturated rings. The van der Waals surface area contributed by atoms with E-state index < -0.39 is 0 Å². The second kappa shape index (κ2) is 10.2. The van der Waals surface area contributed by atoms with E-state index in [2.05, 4.69) is 11.9 Å². The molecule has 1 aromatic heterocycles. The van der Waals surface area contributed by atoms with Gasteiger partial charge in [0.25, 0.3) is 5.91 Å². The normalized spacial score (nSPS) is 17.4. The van der Waals surface area contributed by atoms with Crippen LogP contribution in [0, 0.1) is 0 Å². The second-order valence-electron chi connectivity index (χ2n) is 8.69. The van der Waals surface area contributed by atoms with Crippen LogP contribution in [-0.2, 0) is 11.2 Å². The summed E-state index contributed by atoms with van der Waals surface area (Å²) in [6.45, 7) is 3.39. The third-order valence-electron chi connectivity index (χ3n) is 6.33. The lowest BCUT2D eigenvalue weighted by Crippen LogP contribution is -2.34. The number of hydrogen-bond donors (Lipinski definition) is 0. The Labute approximate surface area is 210 Å². The van der Waals surface area contributed by atoms with Crippen LogP contribution in [0.25, 0.3) is 23.0 Å². The predicted molar refractivity (Wildman–Crippen MR) is 137 cm³/mol. The molecular formula is C27H26Cl2N2O3. The van der Waals surface area contributed by atoms with Crippen LogP contribution in [0.2, 0.25) is 5.02 Å². The fourth-order valence-electron chi connectivity index (χ4n) is 4.50. The van der Waals surface area contributed by atoms with E-state index in [4.69, 9.17) is 16.0 Å². The van der Waals surface area contributed by atoms with Gasteiger partial charge < -0.3 is 14.2 Å². The molecule has 2 heterocycles. The number of hydrogen-bond acceptors (Lipinski definition) is 4. The van der Waals surface area contributed by atoms with Gasteiger partial charge in [-0.3, -0.25) is 9.59 Å². The fraction of sp³-hybridized carbons (Fsp3) is 0.259. The monoisotopic (exact) mass is 496 g/mol. The van der Waals surface area contributed by atoms with Gasteiger partial charge in [0, 0.05) is 47.8 Å². The van der Waals surface area contributed by atoms with Crippen molar-refractivity contribution in [2.45, 2.75) is 12.8 Å². The molecule has 1 saturated heterocycles. The Hall–Kier alpha value is -2.86. The van der Waals surface area contributed by atoms with Crippen LogP contribution in [0.4, 0.5) is 0 Å². The van der Waals surface area contributed by atoms with Crippen molar-refractivity contribution in [2.75, 3.05) is 33.2 Å². The molecule has 0 spiro atoms. The number of allylic oxidation sites excluding steroid dienone is 1. The molecule has 1 amide bonds. The number of amides is 1. The molecule has 3 aromatic rings. The second-order valence-corrected chi connectivity index (χ2v) is 9.13. The van der Waals surface area contributed by atoms with Gasteiger partial charge in [0.1, 0.15) is 11.5 Å². The van der Waals surface area contributed by atoms with E-state index in [9.17, 15) is 9.59 Å². The molecule has 1 aliphatic carbocycles. The summed E-state index contributed by atoms with van der Waals surface area (Å²) >= 11 is 6.14. The Morgan fingerprint density at radius 2 is 1.88 bits per heavy atom. The molecule has 0 radical (unpaired) electrons. The number of benzene rings is 2. The fourth-order valence-corrected chi connectivity index (χ4v) is 4.67. The Kier molecular flexibility index (Phi) is 7.27. The maximum absolute atomic E-state index is 13.1. The Morgan fingerprint density at radius 3 is 2.74 bits per heavy atom. The maximum Gasteiger partial charge on any atom is 0.253 e. The van der Waals surface area contributed by atoms with E-state index in [0.717, 1.165) is 49.3 Å². The number of Topliss-reactive ketones (excluding diaryl/α,β-unsaturated/α-hetero) is 1. The van der Waals surface area contributed by atoms with Crippen molar-refractivity contribution >= 4 is 47.3 Å². The molecule has 5 rings (SSSR count). The highest BCUT2D eigenvalue weighted by molar-refractivity contribution is 6.33. The number of halogens is 2. The van der Waals surface area contributed by atoms with Gasteiger partial charge in [-0.1, -0.05) is 29.8 Å². The van der Waals surface area contributed by atoms with Gasteiger partial charge in [-0.15, -0.1) is 12.4 Å². The first-order chi connectivity index (χ1) is 16.0. The van der Waals surface area contributed by atoms with E-state index >= 15 is 0 Å². The highest BCUT2D eigenvalue weighted by Gasteiger charge is 2.25. The molecule has 0 N–H and O–H groups in total. The van der Waals surface area contributed by atoms with Gasteiger partial charge in [-0.25, -0.2) is 0 Å². The SMILES string of the molecule is CN1CCCN(C(=O)c2cccc(-c3ccc(/C=C4/C(=O)Cc5ccc(Cl)cc54)o3)c2)CC1.Cl. The number of furan rings is 1. The molecule has 34 heavy (non-hydrogen) atoms. The van der Waals surface area contributed by atoms with Gasteiger partial charge in [-0.2, -0.15) is 0 Å². The number of fused-ring (bicyclic) bond motifs is 1. The average molecular weight is 497 g/mol. The summed E-state index contributed by atoms with van der Waals surface area (Å²) < 4.78 is 6.05. The summed E-state index contributed by atoms with van der Waals surface area (Å²) in [6.07, 6.45) is 3.13. The van der Waals surface area contributed by atoms with Gasteiger partial charge in [0.2, 0.25) is 0 Å². The summed E-state index contributed by atoms with van der Waals surface area (Å²) in [4.78, 5) is 29.8. The summed E-state index contributed by atoms with van der Waals surface area (Å²) in [5.41, 5.74) is 3.94. The number of ketones is 1. The van der Waals surface area contributed by atoms with Crippen LogP contribution in [0.15, 0.2) is 59.0 Å². The number of rotatable bonds is 3. The lowest BCUT2D eigenvalue weighted by Gasteiger charge is -2.20. The van der Waals surface area contributed by atoms with E-state index in [1.807, 2.05) is 53.4 Å². The molecule has 2 aromatic carbocycles. The molecule has 2 aliphatic rings. The zero-order valence-electron chi connectivity index (χ0n) is 18.9. The van der Waals surface area contributed by atoms with E-state index in [1.54, 1.807) is 12.1 Å². The highest BCUT2D eigenvalue weighted by Crippen LogP contribution is 2.34. The lowest BCUT2D eigenvalue weighted by molar-refractivity contribution is -0.112. The molecule has 0 unspecified atom stereocenters. The van der Waals surface area contributed by atoms with Gasteiger partial charge in [0.15, 0.2) is 5.78 Å². The van der Waals surface area contributed by atoms with Crippen molar-refractivity contribution in [2.24, 2.45) is 0 Å². The van der Waals surface area contributed by atoms with Gasteiger partial charge in [0.05, 0.1) is 0 Å². The molecular weight excluding hydrogens is 471 g/mol. The van der Waals surface area contributed by atoms with Crippen LogP contribution < -0.4 is 0 Å². The van der Waals surface area contributed by atoms with E-state index in [1.165, 1.54) is 0 Å². The van der Waals surface area contributed by atoms with E-state index in [0.29, 0.717) is 34.1 Å². The molecule has 0 atom stereocenters. The quantitative estimate of drug-likeness (QED) is 0.451. The topological polar surface area (TPSA) is 53.8 Å². The number of likely N-dealkylation sites (N-methyl/N-ethyl adjacent to an activating group) is 1. The Bertz CT molecular complexity index is 1260. The number of carbonyl (C=O) groups is 2. The third kappa shape index (κ3) is 4.97. The van der Waals surface area contributed by atoms with Gasteiger partial charge in [-0.05, 0) is 73.6 Å². The smallest absolute Gasteiger partial charge is 0.253 e. The molecule has 1 aliphatic heterocycles. The Balaban J connectivity index is 0.00000274. The molecule has 176 valence electrons. The zero-order valence-corrected chi connectivity index (χ0v) is 20.5. The third-order valence-corrected chi connectivity index (χ3v) is 6.56. The minimum atomic E-state index is 0. The predicted octanol–water partition coefficient (Wildman–Crippen LogP) is 5.47. The van der Waals surface area contributed by atoms with Gasteiger partial charge >= 0.3 is 0 Å². The van der Waals surface area contributed by atoms with Crippen molar-refractivity contribution in [3.05, 3.63) is 82.1 Å². The van der Waals surface area contributed by atoms with Crippen LogP contribution >= 0.6 is 24.0 Å². The maximum atomic E-state index is 13.1. The van der Waals surface area contributed by atoms with Crippen molar-refractivity contribution in [3.8, 4) is 11.3 Å². The lowest BCUT2D eigenvalue weighted by atomic mass is 10.1. The van der Waals surface area contributed by atoms with Crippen molar-refractivity contribution in [3.63, 3.8) is 0 Å². The van der Waals surface area contributed by atoms with E-state index in [-0.39, 0.29) is 24.1 Å². The minimum Gasteiger partial charge on any atom is -0.457 e. The van der Waals surface area contributed by atoms with Crippen LogP contribution in [0.1, 0.15) is 33.7 Å². The number of carbonyl (C=O) groups excluding carboxylic acids is 2. The highest BCUT2D eigenvalue weighted by atomic mass is 35.5. The standard InChI is InChI=1S/C27H25ClN2O3.ClH/c1-29-10-3-11-30(13-12-29)27(32)20-5-2-4-19(14-20)26-9-8-22(33-26)17-24-23-16-21(28)7-6-18(23)15-25(24)31;/h2,4-9,14,16-17H,3,10-13,15H2,1H3;1H/b24-17+;. The summed E-state index contributed by atoms with van der Waals surface area (Å²) in [5.74, 6) is 1.35. The first-order valence-corrected chi connectivity index (χ1v) is 11.6. The van der Waals surface area contributed by atoms with Crippen molar-refractivity contribution in [1.82, 2.24) is 9.80 Å². The summed E-state index contributed by atoms with van der Waals surface area (Å²) in [6, 6.07) is 16.8. The molecule has 7 heteroatoms. The van der Waals surface area contributed by atoms with Crippen LogP contribution in [0.5, 0.6) is 0 Å². The largest absolute Gasteiger partial charge is 0.457 e. The average Bonchev–Trinajstić information content (AvgIpc) is 3.33. The first-order valence-electron chi connectivity index (χ1n) is 11.2. The Morgan fingerprint density at radius 1 is 1.03 bits per heavy atom. The van der Waals surface area contributed by atoms with Crippen LogP contribution in [0.3, 0.4) is 0 Å².